The van der Waals surface area contributed by atoms with E-state index in [1.165, 1.54) is 0 Å². The van der Waals surface area contributed by atoms with Crippen LogP contribution in [0.4, 0.5) is 5.69 Å². The topological polar surface area (TPSA) is 81.3 Å². The smallest absolute Gasteiger partial charge is 0.313 e. The number of H-pyrrole nitrogens is 2. The number of imidazole rings is 1. The number of carbonyl (C=O) groups is 1. The molecular weight excluding hydrogens is 484 g/mol. The summed E-state index contributed by atoms with van der Waals surface area (Å²) >= 11 is 6.41. The van der Waals surface area contributed by atoms with E-state index in [2.05, 4.69) is 34.2 Å². The minimum Gasteiger partial charge on any atom is -0.313 e. The Morgan fingerprint density at radius 1 is 0.811 bits per heavy atom. The first-order valence-electron chi connectivity index (χ1n) is 12.0. The molecule has 0 bridgehead atoms. The zero-order valence-corrected chi connectivity index (χ0v) is 20.8. The molecule has 0 saturated carbocycles. The molecule has 1 aliphatic rings. The molecule has 0 saturated heterocycles. The number of hydrogen-bond acceptors (Lipinski definition) is 3. The average Bonchev–Trinajstić information content (AvgIpc) is 3.26. The van der Waals surface area contributed by atoms with Crippen molar-refractivity contribution in [1.82, 2.24) is 9.97 Å². The predicted octanol–water partition coefficient (Wildman–Crippen LogP) is 5.60. The zero-order valence-electron chi connectivity index (χ0n) is 20.0. The standard InChI is InChI=1S/C30H23ClN4O2/c1-35-27-14-12-21(31)17-23(27)28(20-11-13-24-25(16-20)34-30(37)33-24)32-26(29(35)36)15-19-9-5-6-10-22(19)18-7-3-2-4-8-18/h2-14,16-17,26H,15H2,1H3,(H2,33,34,37). The largest absolute Gasteiger partial charge is 0.323 e. The van der Waals surface area contributed by atoms with Crippen molar-refractivity contribution in [2.45, 2.75) is 12.5 Å². The molecule has 1 aliphatic heterocycles. The second-order valence-corrected chi connectivity index (χ2v) is 9.56. The Hall–Kier alpha value is -4.42. The lowest BCUT2D eigenvalue weighted by atomic mass is 9.95. The number of fused-ring (bicyclic) bond motifs is 2. The molecule has 2 N–H and O–H groups in total. The molecule has 0 radical (unpaired) electrons. The predicted molar refractivity (Wildman–Crippen MR) is 149 cm³/mol. The number of carbonyl (C=O) groups excluding carboxylic acids is 1. The van der Waals surface area contributed by atoms with Gasteiger partial charge in [-0.25, -0.2) is 4.79 Å². The van der Waals surface area contributed by atoms with Gasteiger partial charge in [-0.3, -0.25) is 9.79 Å². The second kappa shape index (κ2) is 9.22. The van der Waals surface area contributed by atoms with Crippen LogP contribution in [0.15, 0.2) is 101 Å². The van der Waals surface area contributed by atoms with E-state index in [1.54, 1.807) is 18.0 Å². The molecule has 1 unspecified atom stereocenters. The molecule has 0 aliphatic carbocycles. The van der Waals surface area contributed by atoms with Crippen LogP contribution in [0.3, 0.4) is 0 Å². The van der Waals surface area contributed by atoms with Crippen molar-refractivity contribution >= 4 is 39.9 Å². The van der Waals surface area contributed by atoms with Gasteiger partial charge < -0.3 is 14.9 Å². The van der Waals surface area contributed by atoms with Crippen LogP contribution in [-0.2, 0) is 11.2 Å². The molecule has 4 aromatic carbocycles. The fourth-order valence-corrected chi connectivity index (χ4v) is 5.13. The number of aliphatic imine (C=N–C) groups is 1. The summed E-state index contributed by atoms with van der Waals surface area (Å²) in [6, 6.07) is 28.7. The maximum absolute atomic E-state index is 13.8. The van der Waals surface area contributed by atoms with Gasteiger partial charge in [-0.2, -0.15) is 0 Å². The minimum atomic E-state index is -0.656. The SMILES string of the molecule is CN1C(=O)C(Cc2ccccc2-c2ccccc2)N=C(c2ccc3[nH]c(=O)[nH]c3c2)c2cc(Cl)ccc21. The molecule has 2 heterocycles. The normalized spacial score (nSPS) is 15.4. The molecule has 182 valence electrons. The summed E-state index contributed by atoms with van der Waals surface area (Å²) in [5.41, 5.74) is 7.24. The quantitative estimate of drug-likeness (QED) is 0.332. The zero-order chi connectivity index (χ0) is 25.5. The van der Waals surface area contributed by atoms with E-state index in [9.17, 15) is 9.59 Å². The van der Waals surface area contributed by atoms with Gasteiger partial charge in [0, 0.05) is 29.6 Å². The van der Waals surface area contributed by atoms with Crippen molar-refractivity contribution in [3.63, 3.8) is 0 Å². The number of halogens is 1. The number of hydrogen-bond donors (Lipinski definition) is 2. The number of anilines is 1. The van der Waals surface area contributed by atoms with Crippen molar-refractivity contribution in [2.75, 3.05) is 11.9 Å². The van der Waals surface area contributed by atoms with Gasteiger partial charge in [0.15, 0.2) is 0 Å². The van der Waals surface area contributed by atoms with Crippen LogP contribution in [0.1, 0.15) is 16.7 Å². The van der Waals surface area contributed by atoms with E-state index in [0.29, 0.717) is 28.2 Å². The van der Waals surface area contributed by atoms with Crippen LogP contribution in [0.25, 0.3) is 22.2 Å². The fraction of sp³-hybridized carbons (Fsp3) is 0.100. The van der Waals surface area contributed by atoms with Gasteiger partial charge in [-0.1, -0.05) is 72.3 Å². The Morgan fingerprint density at radius 2 is 1.57 bits per heavy atom. The first kappa shape index (κ1) is 23.0. The summed E-state index contributed by atoms with van der Waals surface area (Å²) in [5.74, 6) is -0.0995. The molecule has 1 aromatic heterocycles. The number of amides is 1. The lowest BCUT2D eigenvalue weighted by Crippen LogP contribution is -2.36. The lowest BCUT2D eigenvalue weighted by Gasteiger charge is -2.21. The number of rotatable bonds is 4. The first-order valence-corrected chi connectivity index (χ1v) is 12.4. The van der Waals surface area contributed by atoms with Crippen LogP contribution < -0.4 is 10.6 Å². The Morgan fingerprint density at radius 3 is 2.41 bits per heavy atom. The van der Waals surface area contributed by atoms with Crippen molar-refractivity contribution in [1.29, 1.82) is 0 Å². The highest BCUT2D eigenvalue weighted by atomic mass is 35.5. The Bertz CT molecular complexity index is 1740. The van der Waals surface area contributed by atoms with E-state index in [-0.39, 0.29) is 11.6 Å². The number of nitrogens with zero attached hydrogens (tertiary/aromatic N) is 2. The molecule has 37 heavy (non-hydrogen) atoms. The number of likely N-dealkylation sites (N-methyl/N-ethyl adjacent to an activating group) is 1. The highest BCUT2D eigenvalue weighted by Crippen LogP contribution is 2.32. The molecular formula is C30H23ClN4O2. The summed E-state index contributed by atoms with van der Waals surface area (Å²) in [5, 5.41) is 0.552. The molecule has 6 nitrogen and oxygen atoms in total. The Labute approximate surface area is 218 Å². The van der Waals surface area contributed by atoms with Gasteiger partial charge in [0.25, 0.3) is 5.91 Å². The van der Waals surface area contributed by atoms with Crippen LogP contribution in [-0.4, -0.2) is 34.7 Å². The molecule has 0 spiro atoms. The van der Waals surface area contributed by atoms with E-state index in [4.69, 9.17) is 16.6 Å². The van der Waals surface area contributed by atoms with Crippen molar-refractivity contribution < 1.29 is 4.79 Å². The number of benzodiazepines with no additional fused rings is 1. The highest BCUT2D eigenvalue weighted by molar-refractivity contribution is 6.32. The van der Waals surface area contributed by atoms with Crippen LogP contribution in [0.5, 0.6) is 0 Å². The number of aromatic amines is 2. The molecule has 1 amide bonds. The van der Waals surface area contributed by atoms with Crippen molar-refractivity contribution in [2.24, 2.45) is 4.99 Å². The highest BCUT2D eigenvalue weighted by Gasteiger charge is 2.31. The molecule has 5 aromatic rings. The molecule has 0 fully saturated rings. The van der Waals surface area contributed by atoms with Gasteiger partial charge in [-0.15, -0.1) is 0 Å². The second-order valence-electron chi connectivity index (χ2n) is 9.12. The third-order valence-corrected chi connectivity index (χ3v) is 7.02. The summed E-state index contributed by atoms with van der Waals surface area (Å²) < 4.78 is 0. The van der Waals surface area contributed by atoms with E-state index < -0.39 is 6.04 Å². The van der Waals surface area contributed by atoms with Gasteiger partial charge >= 0.3 is 5.69 Å². The first-order chi connectivity index (χ1) is 18.0. The average molecular weight is 507 g/mol. The Balaban J connectivity index is 1.51. The summed E-state index contributed by atoms with van der Waals surface area (Å²) in [4.78, 5) is 37.9. The molecule has 7 heteroatoms. The summed E-state index contributed by atoms with van der Waals surface area (Å²) in [7, 11) is 1.77. The number of aromatic nitrogens is 2. The number of benzene rings is 4. The third-order valence-electron chi connectivity index (χ3n) is 6.78. The third kappa shape index (κ3) is 4.26. The van der Waals surface area contributed by atoms with Gasteiger partial charge in [0.1, 0.15) is 6.04 Å². The lowest BCUT2D eigenvalue weighted by molar-refractivity contribution is -0.119. The molecule has 6 rings (SSSR count). The maximum atomic E-state index is 13.8. The minimum absolute atomic E-state index is 0.0995. The van der Waals surface area contributed by atoms with Gasteiger partial charge in [-0.05, 0) is 47.0 Å². The van der Waals surface area contributed by atoms with E-state index in [0.717, 1.165) is 33.5 Å². The van der Waals surface area contributed by atoms with Gasteiger partial charge in [0.05, 0.1) is 22.4 Å². The Kier molecular flexibility index (Phi) is 5.74. The van der Waals surface area contributed by atoms with Crippen molar-refractivity contribution in [3.8, 4) is 11.1 Å². The van der Waals surface area contributed by atoms with Crippen molar-refractivity contribution in [3.05, 3.63) is 123 Å². The van der Waals surface area contributed by atoms with Crippen LogP contribution >= 0.6 is 11.6 Å². The molecule has 1 atom stereocenters. The summed E-state index contributed by atoms with van der Waals surface area (Å²) in [6.07, 6.45) is 0.433. The monoisotopic (exact) mass is 506 g/mol. The maximum Gasteiger partial charge on any atom is 0.323 e. The van der Waals surface area contributed by atoms with Crippen LogP contribution in [0.2, 0.25) is 5.02 Å². The summed E-state index contributed by atoms with van der Waals surface area (Å²) in [6.45, 7) is 0. The van der Waals surface area contributed by atoms with E-state index >= 15 is 0 Å². The van der Waals surface area contributed by atoms with E-state index in [1.807, 2.05) is 60.7 Å². The number of nitrogens with one attached hydrogen (secondary N) is 2. The fourth-order valence-electron chi connectivity index (χ4n) is 4.96. The van der Waals surface area contributed by atoms with Crippen LogP contribution in [0, 0.1) is 0 Å². The van der Waals surface area contributed by atoms with Gasteiger partial charge in [0.2, 0.25) is 0 Å².